The Bertz CT molecular complexity index is 783. The van der Waals surface area contributed by atoms with E-state index in [1.54, 1.807) is 17.0 Å². The largest absolute Gasteiger partial charge is 0.459 e. The van der Waals surface area contributed by atoms with Crippen molar-refractivity contribution in [3.8, 4) is 0 Å². The molecular weight excluding hydrogens is 342 g/mol. The van der Waals surface area contributed by atoms with Crippen molar-refractivity contribution in [1.82, 2.24) is 9.80 Å². The van der Waals surface area contributed by atoms with Gasteiger partial charge in [-0.25, -0.2) is 0 Å². The fraction of sp³-hybridized carbons (Fsp3) is 0.429. The highest BCUT2D eigenvalue weighted by Crippen LogP contribution is 2.21. The molecule has 0 unspecified atom stereocenters. The van der Waals surface area contributed by atoms with Crippen molar-refractivity contribution in [3.63, 3.8) is 0 Å². The first kappa shape index (κ1) is 19.0. The maximum Gasteiger partial charge on any atom is 0.289 e. The van der Waals surface area contributed by atoms with E-state index in [-0.39, 0.29) is 11.8 Å². The standard InChI is InChI=1S/C21H27N3O3/c1-15-13-16(2)20(17(3)14-15)22-7-6-19(25)23-8-10-24(11-9-23)21(26)18-5-4-12-27-18/h4-5,12-14,22H,6-11H2,1-3H3. The van der Waals surface area contributed by atoms with Gasteiger partial charge in [-0.1, -0.05) is 17.7 Å². The monoisotopic (exact) mass is 369 g/mol. The summed E-state index contributed by atoms with van der Waals surface area (Å²) >= 11 is 0. The van der Waals surface area contributed by atoms with Crippen molar-refractivity contribution in [3.05, 3.63) is 53.0 Å². The number of hydrogen-bond acceptors (Lipinski definition) is 4. The molecule has 2 aromatic rings. The van der Waals surface area contributed by atoms with Gasteiger partial charge < -0.3 is 19.5 Å². The summed E-state index contributed by atoms with van der Waals surface area (Å²) in [5.41, 5.74) is 4.76. The summed E-state index contributed by atoms with van der Waals surface area (Å²) in [5.74, 6) is 0.358. The van der Waals surface area contributed by atoms with Gasteiger partial charge >= 0.3 is 0 Å². The molecule has 2 heterocycles. The van der Waals surface area contributed by atoms with E-state index >= 15 is 0 Å². The predicted molar refractivity (Wildman–Crippen MR) is 105 cm³/mol. The molecule has 2 amide bonds. The van der Waals surface area contributed by atoms with Crippen LogP contribution in [0.2, 0.25) is 0 Å². The smallest absolute Gasteiger partial charge is 0.289 e. The molecule has 1 aromatic heterocycles. The average Bonchev–Trinajstić information content (AvgIpc) is 3.18. The Morgan fingerprint density at radius 2 is 1.67 bits per heavy atom. The SMILES string of the molecule is Cc1cc(C)c(NCCC(=O)N2CCN(C(=O)c3ccco3)CC2)c(C)c1. The Labute approximate surface area is 160 Å². The van der Waals surface area contributed by atoms with Crippen molar-refractivity contribution in [2.75, 3.05) is 38.0 Å². The number of nitrogens with one attached hydrogen (secondary N) is 1. The van der Waals surface area contributed by atoms with E-state index in [4.69, 9.17) is 4.42 Å². The first-order chi connectivity index (χ1) is 13.0. The van der Waals surface area contributed by atoms with E-state index in [0.29, 0.717) is 44.9 Å². The lowest BCUT2D eigenvalue weighted by molar-refractivity contribution is -0.132. The average molecular weight is 369 g/mol. The molecule has 144 valence electrons. The molecule has 1 fully saturated rings. The van der Waals surface area contributed by atoms with Crippen LogP contribution in [0.1, 0.15) is 33.7 Å². The van der Waals surface area contributed by atoms with Crippen LogP contribution in [0.5, 0.6) is 0 Å². The zero-order valence-corrected chi connectivity index (χ0v) is 16.2. The van der Waals surface area contributed by atoms with Gasteiger partial charge in [0.05, 0.1) is 6.26 Å². The zero-order chi connectivity index (χ0) is 19.4. The van der Waals surface area contributed by atoms with Crippen molar-refractivity contribution < 1.29 is 14.0 Å². The fourth-order valence-electron chi connectivity index (χ4n) is 3.63. The van der Waals surface area contributed by atoms with Crippen molar-refractivity contribution in [2.45, 2.75) is 27.2 Å². The van der Waals surface area contributed by atoms with Crippen LogP contribution in [0, 0.1) is 20.8 Å². The van der Waals surface area contributed by atoms with Gasteiger partial charge in [0.25, 0.3) is 5.91 Å². The Balaban J connectivity index is 1.45. The molecule has 27 heavy (non-hydrogen) atoms. The van der Waals surface area contributed by atoms with E-state index in [9.17, 15) is 9.59 Å². The first-order valence-electron chi connectivity index (χ1n) is 9.38. The van der Waals surface area contributed by atoms with Crippen LogP contribution in [-0.4, -0.2) is 54.3 Å². The third-order valence-electron chi connectivity index (χ3n) is 4.97. The van der Waals surface area contributed by atoms with Crippen molar-refractivity contribution in [2.24, 2.45) is 0 Å². The third kappa shape index (κ3) is 4.51. The van der Waals surface area contributed by atoms with E-state index in [1.807, 2.05) is 4.90 Å². The molecule has 0 saturated carbocycles. The van der Waals surface area contributed by atoms with Gasteiger partial charge in [-0.05, 0) is 44.0 Å². The number of rotatable bonds is 5. The van der Waals surface area contributed by atoms with Crippen molar-refractivity contribution >= 4 is 17.5 Å². The molecule has 1 saturated heterocycles. The lowest BCUT2D eigenvalue weighted by Gasteiger charge is -2.34. The highest BCUT2D eigenvalue weighted by molar-refractivity contribution is 5.91. The summed E-state index contributed by atoms with van der Waals surface area (Å²) in [4.78, 5) is 28.3. The number of furan rings is 1. The van der Waals surface area contributed by atoms with Gasteiger partial charge in [-0.2, -0.15) is 0 Å². The van der Waals surface area contributed by atoms with E-state index in [2.05, 4.69) is 38.2 Å². The first-order valence-corrected chi connectivity index (χ1v) is 9.38. The van der Waals surface area contributed by atoms with Gasteiger partial charge in [0.15, 0.2) is 5.76 Å². The number of amides is 2. The molecular formula is C21H27N3O3. The molecule has 0 aliphatic carbocycles. The lowest BCUT2D eigenvalue weighted by atomic mass is 10.1. The predicted octanol–water partition coefficient (Wildman–Crippen LogP) is 2.99. The number of carbonyl (C=O) groups is 2. The second kappa shape index (κ2) is 8.29. The van der Waals surface area contributed by atoms with Crippen LogP contribution in [0.4, 0.5) is 5.69 Å². The fourth-order valence-corrected chi connectivity index (χ4v) is 3.63. The molecule has 1 aliphatic rings. The summed E-state index contributed by atoms with van der Waals surface area (Å²) in [6, 6.07) is 7.66. The molecule has 1 aromatic carbocycles. The normalized spacial score (nSPS) is 14.3. The molecule has 6 nitrogen and oxygen atoms in total. The Kier molecular flexibility index (Phi) is 5.84. The molecule has 1 N–H and O–H groups in total. The molecule has 0 radical (unpaired) electrons. The second-order valence-corrected chi connectivity index (χ2v) is 7.10. The summed E-state index contributed by atoms with van der Waals surface area (Å²) in [6.07, 6.45) is 1.94. The van der Waals surface area contributed by atoms with E-state index < -0.39 is 0 Å². The molecule has 0 bridgehead atoms. The Morgan fingerprint density at radius 1 is 1.04 bits per heavy atom. The zero-order valence-electron chi connectivity index (χ0n) is 16.2. The Hall–Kier alpha value is -2.76. The van der Waals surface area contributed by atoms with Gasteiger partial charge in [-0.15, -0.1) is 0 Å². The van der Waals surface area contributed by atoms with Crippen LogP contribution < -0.4 is 5.32 Å². The van der Waals surface area contributed by atoms with Gasteiger partial charge in [0, 0.05) is 44.8 Å². The highest BCUT2D eigenvalue weighted by Gasteiger charge is 2.25. The van der Waals surface area contributed by atoms with E-state index in [1.165, 1.54) is 23.0 Å². The summed E-state index contributed by atoms with van der Waals surface area (Å²) in [7, 11) is 0. The molecule has 0 spiro atoms. The second-order valence-electron chi connectivity index (χ2n) is 7.10. The number of carbonyl (C=O) groups excluding carboxylic acids is 2. The van der Waals surface area contributed by atoms with Crippen LogP contribution in [0.3, 0.4) is 0 Å². The summed E-state index contributed by atoms with van der Waals surface area (Å²) < 4.78 is 5.16. The minimum Gasteiger partial charge on any atom is -0.459 e. The number of benzene rings is 1. The van der Waals surface area contributed by atoms with Gasteiger partial charge in [-0.3, -0.25) is 9.59 Å². The third-order valence-corrected chi connectivity index (χ3v) is 4.97. The maximum atomic E-state index is 12.5. The van der Waals surface area contributed by atoms with E-state index in [0.717, 1.165) is 5.69 Å². The van der Waals surface area contributed by atoms with Gasteiger partial charge in [0.2, 0.25) is 5.91 Å². The highest BCUT2D eigenvalue weighted by atomic mass is 16.3. The quantitative estimate of drug-likeness (QED) is 0.880. The summed E-state index contributed by atoms with van der Waals surface area (Å²) in [5, 5.41) is 3.40. The number of nitrogens with zero attached hydrogens (tertiary/aromatic N) is 2. The van der Waals surface area contributed by atoms with Crippen LogP contribution >= 0.6 is 0 Å². The number of piperazine rings is 1. The number of aryl methyl sites for hydroxylation is 3. The van der Waals surface area contributed by atoms with Crippen LogP contribution in [0.15, 0.2) is 34.9 Å². The molecule has 3 rings (SSSR count). The lowest BCUT2D eigenvalue weighted by Crippen LogP contribution is -2.50. The number of anilines is 1. The van der Waals surface area contributed by atoms with Gasteiger partial charge in [0.1, 0.15) is 0 Å². The minimum atomic E-state index is -0.112. The van der Waals surface area contributed by atoms with Crippen molar-refractivity contribution in [1.29, 1.82) is 0 Å². The molecule has 6 heteroatoms. The Morgan fingerprint density at radius 3 is 2.26 bits per heavy atom. The van der Waals surface area contributed by atoms with Crippen LogP contribution in [0.25, 0.3) is 0 Å². The number of hydrogen-bond donors (Lipinski definition) is 1. The molecule has 1 aliphatic heterocycles. The topological polar surface area (TPSA) is 65.8 Å². The van der Waals surface area contributed by atoms with Crippen LogP contribution in [-0.2, 0) is 4.79 Å². The maximum absolute atomic E-state index is 12.5. The minimum absolute atomic E-state index is 0.112. The summed E-state index contributed by atoms with van der Waals surface area (Å²) in [6.45, 7) is 9.06. The molecule has 0 atom stereocenters.